The summed E-state index contributed by atoms with van der Waals surface area (Å²) in [6.07, 6.45) is 0. The summed E-state index contributed by atoms with van der Waals surface area (Å²) < 4.78 is 5.18. The molecule has 0 aliphatic rings. The van der Waals surface area contributed by atoms with Crippen molar-refractivity contribution in [3.05, 3.63) is 53.6 Å². The first-order valence-corrected chi connectivity index (χ1v) is 6.75. The van der Waals surface area contributed by atoms with Gasteiger partial charge < -0.3 is 20.1 Å². The van der Waals surface area contributed by atoms with Gasteiger partial charge in [-0.25, -0.2) is 9.78 Å². The number of anilines is 1. The molecule has 0 radical (unpaired) electrons. The van der Waals surface area contributed by atoms with Crippen LogP contribution in [0.2, 0.25) is 0 Å². The second-order valence-electron chi connectivity index (χ2n) is 4.82. The number of aromatic amines is 1. The minimum atomic E-state index is -0.925. The summed E-state index contributed by atoms with van der Waals surface area (Å²) >= 11 is 0. The van der Waals surface area contributed by atoms with Crippen molar-refractivity contribution < 1.29 is 14.6 Å². The number of carboxylic acids is 1. The number of hydrogen-bond acceptors (Lipinski definition) is 4. The van der Waals surface area contributed by atoms with Crippen LogP contribution >= 0.6 is 0 Å². The van der Waals surface area contributed by atoms with E-state index >= 15 is 0 Å². The third kappa shape index (κ3) is 2.85. The maximum absolute atomic E-state index is 10.8. The highest BCUT2D eigenvalue weighted by atomic mass is 16.5. The molecule has 0 spiro atoms. The number of nitrogens with zero attached hydrogens (tertiary/aromatic N) is 1. The fourth-order valence-electron chi connectivity index (χ4n) is 2.15. The molecule has 0 aliphatic heterocycles. The lowest BCUT2D eigenvalue weighted by Crippen LogP contribution is -2.02. The summed E-state index contributed by atoms with van der Waals surface area (Å²) in [5.41, 5.74) is 3.00. The van der Waals surface area contributed by atoms with Gasteiger partial charge in [-0.15, -0.1) is 0 Å². The smallest absolute Gasteiger partial charge is 0.335 e. The third-order valence-electron chi connectivity index (χ3n) is 3.35. The molecule has 0 saturated carbocycles. The van der Waals surface area contributed by atoms with Crippen LogP contribution in [0.4, 0.5) is 5.95 Å². The van der Waals surface area contributed by atoms with Gasteiger partial charge in [-0.3, -0.25) is 0 Å². The van der Waals surface area contributed by atoms with Crippen molar-refractivity contribution in [1.82, 2.24) is 9.97 Å². The lowest BCUT2D eigenvalue weighted by atomic mass is 10.1. The van der Waals surface area contributed by atoms with Crippen molar-refractivity contribution in [3.8, 4) is 5.75 Å². The van der Waals surface area contributed by atoms with Gasteiger partial charge in [0, 0.05) is 12.6 Å². The van der Waals surface area contributed by atoms with Crippen LogP contribution in [0.1, 0.15) is 15.9 Å². The topological polar surface area (TPSA) is 87.2 Å². The molecule has 0 saturated heterocycles. The van der Waals surface area contributed by atoms with E-state index in [0.29, 0.717) is 12.5 Å². The third-order valence-corrected chi connectivity index (χ3v) is 3.35. The van der Waals surface area contributed by atoms with E-state index in [9.17, 15) is 4.79 Å². The Bertz CT molecular complexity index is 809. The molecule has 6 heteroatoms. The van der Waals surface area contributed by atoms with Gasteiger partial charge in [0.15, 0.2) is 0 Å². The number of carbonyl (C=O) groups is 1. The number of aromatic carboxylic acids is 1. The number of nitrogens with one attached hydrogen (secondary N) is 2. The summed E-state index contributed by atoms with van der Waals surface area (Å²) in [5.74, 6) is 0.503. The Kier molecular flexibility index (Phi) is 3.65. The fraction of sp³-hybridized carbons (Fsp3) is 0.125. The summed E-state index contributed by atoms with van der Waals surface area (Å²) in [5, 5.41) is 12.0. The van der Waals surface area contributed by atoms with Gasteiger partial charge >= 0.3 is 5.97 Å². The average Bonchev–Trinajstić information content (AvgIpc) is 2.95. The van der Waals surface area contributed by atoms with Crippen LogP contribution in [0.25, 0.3) is 11.0 Å². The molecule has 2 aromatic carbocycles. The van der Waals surface area contributed by atoms with Crippen molar-refractivity contribution in [3.63, 3.8) is 0 Å². The monoisotopic (exact) mass is 297 g/mol. The van der Waals surface area contributed by atoms with Crippen molar-refractivity contribution in [2.24, 2.45) is 0 Å². The van der Waals surface area contributed by atoms with Gasteiger partial charge in [0.25, 0.3) is 0 Å². The molecule has 22 heavy (non-hydrogen) atoms. The molecule has 3 aromatic rings. The van der Waals surface area contributed by atoms with Gasteiger partial charge in [0.1, 0.15) is 5.75 Å². The molecular formula is C16H15N3O3. The summed E-state index contributed by atoms with van der Waals surface area (Å²) in [4.78, 5) is 18.4. The molecule has 0 bridgehead atoms. The lowest BCUT2D eigenvalue weighted by Gasteiger charge is -2.03. The zero-order valence-corrected chi connectivity index (χ0v) is 12.0. The minimum Gasteiger partial charge on any atom is -0.497 e. The van der Waals surface area contributed by atoms with Crippen LogP contribution in [-0.4, -0.2) is 28.2 Å². The highest BCUT2D eigenvalue weighted by Crippen LogP contribution is 2.20. The molecule has 0 unspecified atom stereocenters. The molecule has 0 aliphatic carbocycles. The Labute approximate surface area is 126 Å². The summed E-state index contributed by atoms with van der Waals surface area (Å²) in [6.45, 7) is 0.552. The zero-order chi connectivity index (χ0) is 15.5. The molecule has 0 fully saturated rings. The van der Waals surface area contributed by atoms with Crippen LogP contribution < -0.4 is 10.1 Å². The molecule has 1 heterocycles. The number of imidazole rings is 1. The van der Waals surface area contributed by atoms with Gasteiger partial charge in [-0.2, -0.15) is 0 Å². The zero-order valence-electron chi connectivity index (χ0n) is 12.0. The molecular weight excluding hydrogens is 282 g/mol. The van der Waals surface area contributed by atoms with E-state index in [1.165, 1.54) is 0 Å². The van der Waals surface area contributed by atoms with Crippen LogP contribution in [0.15, 0.2) is 42.5 Å². The Morgan fingerprint density at radius 2 is 2.05 bits per heavy atom. The molecule has 3 N–H and O–H groups in total. The maximum atomic E-state index is 10.8. The van der Waals surface area contributed by atoms with Crippen molar-refractivity contribution in [1.29, 1.82) is 0 Å². The first-order valence-electron chi connectivity index (χ1n) is 6.75. The number of fused-ring (bicyclic) bond motifs is 1. The first kappa shape index (κ1) is 13.9. The second-order valence-corrected chi connectivity index (χ2v) is 4.82. The molecule has 0 atom stereocenters. The fourth-order valence-corrected chi connectivity index (χ4v) is 2.15. The van der Waals surface area contributed by atoms with Gasteiger partial charge in [0.05, 0.1) is 23.7 Å². The van der Waals surface area contributed by atoms with E-state index in [4.69, 9.17) is 9.84 Å². The minimum absolute atomic E-state index is 0.277. The summed E-state index contributed by atoms with van der Waals surface area (Å²) in [7, 11) is 1.62. The van der Waals surface area contributed by atoms with Crippen LogP contribution in [0.3, 0.4) is 0 Å². The summed E-state index contributed by atoms with van der Waals surface area (Å²) in [6, 6.07) is 12.4. The number of methoxy groups -OCH3 is 1. The predicted octanol–water partition coefficient (Wildman–Crippen LogP) is 2.88. The van der Waals surface area contributed by atoms with E-state index < -0.39 is 5.97 Å². The largest absolute Gasteiger partial charge is 0.497 e. The average molecular weight is 297 g/mol. The van der Waals surface area contributed by atoms with E-state index in [-0.39, 0.29) is 5.56 Å². The highest BCUT2D eigenvalue weighted by molar-refractivity contribution is 5.87. The highest BCUT2D eigenvalue weighted by Gasteiger charge is 2.05. The number of aromatic nitrogens is 2. The first-order chi connectivity index (χ1) is 10.7. The van der Waals surface area contributed by atoms with Gasteiger partial charge in [-0.05, 0) is 29.8 Å². The normalized spacial score (nSPS) is 10.6. The maximum Gasteiger partial charge on any atom is 0.335 e. The lowest BCUT2D eigenvalue weighted by molar-refractivity contribution is 0.0697. The van der Waals surface area contributed by atoms with Gasteiger partial charge in [-0.1, -0.05) is 12.1 Å². The number of ether oxygens (including phenoxy) is 1. The molecule has 0 amide bonds. The number of benzene rings is 2. The quantitative estimate of drug-likeness (QED) is 0.674. The van der Waals surface area contributed by atoms with Crippen molar-refractivity contribution >= 4 is 23.0 Å². The Balaban J connectivity index is 1.71. The van der Waals surface area contributed by atoms with Crippen molar-refractivity contribution in [2.45, 2.75) is 6.54 Å². The van der Waals surface area contributed by atoms with E-state index in [1.807, 2.05) is 18.2 Å². The van der Waals surface area contributed by atoms with Crippen LogP contribution in [0.5, 0.6) is 5.75 Å². The number of rotatable bonds is 5. The molecule has 1 aromatic heterocycles. The Morgan fingerprint density at radius 3 is 2.73 bits per heavy atom. The number of H-pyrrole nitrogens is 1. The van der Waals surface area contributed by atoms with E-state index in [0.717, 1.165) is 22.3 Å². The molecule has 112 valence electrons. The molecule has 3 rings (SSSR count). The van der Waals surface area contributed by atoms with E-state index in [1.54, 1.807) is 31.4 Å². The predicted molar refractivity (Wildman–Crippen MR) is 83.4 cm³/mol. The molecule has 6 nitrogen and oxygen atoms in total. The standard InChI is InChI=1S/C16H15N3O3/c1-22-12-6-7-13-14(8-12)19-16(18-13)17-9-10-2-4-11(5-3-10)15(20)21/h2-8H,9H2,1H3,(H,20,21)(H2,17,18,19). The SMILES string of the molecule is COc1ccc2nc(NCc3ccc(C(=O)O)cc3)[nH]c2c1. The second kappa shape index (κ2) is 5.77. The number of carboxylic acid groups (broad SMARTS) is 1. The number of hydrogen-bond donors (Lipinski definition) is 3. The van der Waals surface area contributed by atoms with Crippen LogP contribution in [0, 0.1) is 0 Å². The van der Waals surface area contributed by atoms with Crippen LogP contribution in [-0.2, 0) is 6.54 Å². The van der Waals surface area contributed by atoms with Gasteiger partial charge in [0.2, 0.25) is 5.95 Å². The van der Waals surface area contributed by atoms with E-state index in [2.05, 4.69) is 15.3 Å². The Morgan fingerprint density at radius 1 is 1.27 bits per heavy atom. The Hall–Kier alpha value is -3.02. The van der Waals surface area contributed by atoms with Crippen molar-refractivity contribution in [2.75, 3.05) is 12.4 Å².